The van der Waals surface area contributed by atoms with Gasteiger partial charge in [-0.25, -0.2) is 0 Å². The zero-order valence-corrected chi connectivity index (χ0v) is 12.4. The highest BCUT2D eigenvalue weighted by molar-refractivity contribution is 5.32. The van der Waals surface area contributed by atoms with E-state index >= 15 is 0 Å². The van der Waals surface area contributed by atoms with Crippen LogP contribution in [0.3, 0.4) is 0 Å². The summed E-state index contributed by atoms with van der Waals surface area (Å²) in [5.74, 6) is 1.01. The molecular weight excluding hydrogens is 236 g/mol. The minimum Gasteiger partial charge on any atom is -0.494 e. The number of nitrogens with zero attached hydrogens (tertiary/aromatic N) is 1. The van der Waals surface area contributed by atoms with Crippen molar-refractivity contribution in [3.05, 3.63) is 29.3 Å². The normalized spacial score (nSPS) is 20.5. The van der Waals surface area contributed by atoms with Gasteiger partial charge in [0.05, 0.1) is 6.61 Å². The Balaban J connectivity index is 1.68. The van der Waals surface area contributed by atoms with E-state index in [1.54, 1.807) is 0 Å². The molecule has 1 saturated heterocycles. The molecule has 0 bridgehead atoms. The van der Waals surface area contributed by atoms with Crippen LogP contribution >= 0.6 is 0 Å². The largest absolute Gasteiger partial charge is 0.494 e. The molecule has 0 amide bonds. The summed E-state index contributed by atoms with van der Waals surface area (Å²) in [6.45, 7) is 11.8. The molecule has 0 spiro atoms. The summed E-state index contributed by atoms with van der Waals surface area (Å²) in [7, 11) is 0. The lowest BCUT2D eigenvalue weighted by Gasteiger charge is -2.31. The van der Waals surface area contributed by atoms with Gasteiger partial charge in [0.15, 0.2) is 0 Å². The van der Waals surface area contributed by atoms with Gasteiger partial charge in [-0.15, -0.1) is 0 Å². The molecule has 0 unspecified atom stereocenters. The average Bonchev–Trinajstić information content (AvgIpc) is 2.34. The maximum Gasteiger partial charge on any atom is 0.119 e. The van der Waals surface area contributed by atoms with Gasteiger partial charge >= 0.3 is 0 Å². The van der Waals surface area contributed by atoms with Crippen molar-refractivity contribution in [2.24, 2.45) is 0 Å². The van der Waals surface area contributed by atoms with Crippen molar-refractivity contribution in [3.8, 4) is 5.75 Å². The lowest BCUT2D eigenvalue weighted by Crippen LogP contribution is -2.49. The molecule has 1 N–H and O–H groups in total. The third-order valence-corrected chi connectivity index (χ3v) is 3.54. The summed E-state index contributed by atoms with van der Waals surface area (Å²) in [6.07, 6.45) is 1.10. The second kappa shape index (κ2) is 6.92. The molecule has 3 nitrogen and oxygen atoms in total. The van der Waals surface area contributed by atoms with E-state index in [0.29, 0.717) is 6.04 Å². The molecule has 3 heteroatoms. The first-order valence-corrected chi connectivity index (χ1v) is 7.30. The number of aryl methyl sites for hydroxylation is 2. The summed E-state index contributed by atoms with van der Waals surface area (Å²) in [5, 5.41) is 3.47. The summed E-state index contributed by atoms with van der Waals surface area (Å²) >= 11 is 0. The van der Waals surface area contributed by atoms with Crippen LogP contribution in [0.15, 0.2) is 18.2 Å². The highest BCUT2D eigenvalue weighted by Crippen LogP contribution is 2.16. The molecule has 0 saturated carbocycles. The molecule has 106 valence electrons. The molecule has 1 aromatic carbocycles. The minimum absolute atomic E-state index is 0.620. The number of hydrogen-bond donors (Lipinski definition) is 1. The van der Waals surface area contributed by atoms with Crippen LogP contribution in [0, 0.1) is 13.8 Å². The van der Waals surface area contributed by atoms with Crippen molar-refractivity contribution in [1.29, 1.82) is 0 Å². The first kappa shape index (κ1) is 14.4. The second-order valence-electron chi connectivity index (χ2n) is 5.68. The highest BCUT2D eigenvalue weighted by Gasteiger charge is 2.14. The lowest BCUT2D eigenvalue weighted by molar-refractivity contribution is 0.189. The van der Waals surface area contributed by atoms with E-state index in [-0.39, 0.29) is 0 Å². The Bertz CT molecular complexity index is 385. The summed E-state index contributed by atoms with van der Waals surface area (Å²) in [5.41, 5.74) is 2.54. The summed E-state index contributed by atoms with van der Waals surface area (Å²) < 4.78 is 5.84. The van der Waals surface area contributed by atoms with Crippen molar-refractivity contribution in [1.82, 2.24) is 10.2 Å². The highest BCUT2D eigenvalue weighted by atomic mass is 16.5. The maximum atomic E-state index is 5.84. The Kier molecular flexibility index (Phi) is 5.23. The van der Waals surface area contributed by atoms with Crippen molar-refractivity contribution in [2.75, 3.05) is 32.8 Å². The van der Waals surface area contributed by atoms with Crippen LogP contribution in [0.25, 0.3) is 0 Å². The monoisotopic (exact) mass is 262 g/mol. The van der Waals surface area contributed by atoms with E-state index in [9.17, 15) is 0 Å². The zero-order valence-electron chi connectivity index (χ0n) is 12.4. The molecule has 1 fully saturated rings. The maximum absolute atomic E-state index is 5.84. The molecule has 0 radical (unpaired) electrons. The molecule has 19 heavy (non-hydrogen) atoms. The van der Waals surface area contributed by atoms with Crippen LogP contribution in [0.5, 0.6) is 5.75 Å². The van der Waals surface area contributed by atoms with E-state index in [1.165, 1.54) is 11.1 Å². The molecule has 1 heterocycles. The Morgan fingerprint density at radius 2 is 2.00 bits per heavy atom. The van der Waals surface area contributed by atoms with E-state index in [0.717, 1.165) is 45.0 Å². The fourth-order valence-corrected chi connectivity index (χ4v) is 2.71. The minimum atomic E-state index is 0.620. The van der Waals surface area contributed by atoms with Crippen LogP contribution < -0.4 is 10.1 Å². The molecule has 0 aromatic heterocycles. The van der Waals surface area contributed by atoms with Gasteiger partial charge in [-0.2, -0.15) is 0 Å². The predicted octanol–water partition coefficient (Wildman–Crippen LogP) is 2.37. The second-order valence-corrected chi connectivity index (χ2v) is 5.68. The van der Waals surface area contributed by atoms with Gasteiger partial charge in [-0.3, -0.25) is 0 Å². The van der Waals surface area contributed by atoms with Gasteiger partial charge in [0.25, 0.3) is 0 Å². The molecule has 1 aromatic rings. The fourth-order valence-electron chi connectivity index (χ4n) is 2.71. The standard InChI is InChI=1S/C16H26N2O/c1-13-9-14(2)11-16(10-13)19-8-4-6-18-7-5-17-15(3)12-18/h9-11,15,17H,4-8,12H2,1-3H3/t15-/m1/s1. The van der Waals surface area contributed by atoms with E-state index in [1.807, 2.05) is 0 Å². The third kappa shape index (κ3) is 4.84. The number of rotatable bonds is 5. The lowest BCUT2D eigenvalue weighted by atomic mass is 10.1. The predicted molar refractivity (Wildman–Crippen MR) is 79.9 cm³/mol. The van der Waals surface area contributed by atoms with Crippen LogP contribution in [0.2, 0.25) is 0 Å². The quantitative estimate of drug-likeness (QED) is 0.825. The molecule has 2 rings (SSSR count). The Labute approximate surface area is 116 Å². The van der Waals surface area contributed by atoms with E-state index < -0.39 is 0 Å². The van der Waals surface area contributed by atoms with Crippen LogP contribution in [-0.2, 0) is 0 Å². The molecule has 1 atom stereocenters. The Hall–Kier alpha value is -1.06. The van der Waals surface area contributed by atoms with E-state index in [2.05, 4.69) is 49.2 Å². The average molecular weight is 262 g/mol. The van der Waals surface area contributed by atoms with Crippen molar-refractivity contribution >= 4 is 0 Å². The van der Waals surface area contributed by atoms with Gasteiger partial charge in [0, 0.05) is 32.2 Å². The van der Waals surface area contributed by atoms with Gasteiger partial charge in [-0.05, 0) is 50.5 Å². The number of nitrogens with one attached hydrogen (secondary N) is 1. The fraction of sp³-hybridized carbons (Fsp3) is 0.625. The van der Waals surface area contributed by atoms with Gasteiger partial charge in [-0.1, -0.05) is 6.07 Å². The number of ether oxygens (including phenoxy) is 1. The topological polar surface area (TPSA) is 24.5 Å². The Morgan fingerprint density at radius 3 is 2.68 bits per heavy atom. The van der Waals surface area contributed by atoms with Crippen LogP contribution in [0.4, 0.5) is 0 Å². The van der Waals surface area contributed by atoms with Crippen molar-refractivity contribution < 1.29 is 4.74 Å². The summed E-state index contributed by atoms with van der Waals surface area (Å²) in [4.78, 5) is 2.52. The first-order chi connectivity index (χ1) is 9.13. The number of benzene rings is 1. The van der Waals surface area contributed by atoms with Crippen LogP contribution in [-0.4, -0.2) is 43.7 Å². The van der Waals surface area contributed by atoms with E-state index in [4.69, 9.17) is 4.74 Å². The zero-order chi connectivity index (χ0) is 13.7. The third-order valence-electron chi connectivity index (χ3n) is 3.54. The van der Waals surface area contributed by atoms with Crippen LogP contribution in [0.1, 0.15) is 24.5 Å². The SMILES string of the molecule is Cc1cc(C)cc(OCCCN2CCN[C@H](C)C2)c1. The number of piperazine rings is 1. The van der Waals surface area contributed by atoms with Gasteiger partial charge in [0.1, 0.15) is 5.75 Å². The molecule has 1 aliphatic rings. The smallest absolute Gasteiger partial charge is 0.119 e. The van der Waals surface area contributed by atoms with Gasteiger partial charge < -0.3 is 15.0 Å². The summed E-state index contributed by atoms with van der Waals surface area (Å²) in [6, 6.07) is 7.02. The molecule has 1 aliphatic heterocycles. The first-order valence-electron chi connectivity index (χ1n) is 7.30. The van der Waals surface area contributed by atoms with Crippen molar-refractivity contribution in [3.63, 3.8) is 0 Å². The van der Waals surface area contributed by atoms with Crippen molar-refractivity contribution in [2.45, 2.75) is 33.2 Å². The number of hydrogen-bond acceptors (Lipinski definition) is 3. The molecular formula is C16H26N2O. The Morgan fingerprint density at radius 1 is 1.26 bits per heavy atom. The van der Waals surface area contributed by atoms with Gasteiger partial charge in [0.2, 0.25) is 0 Å². The molecule has 0 aliphatic carbocycles.